The van der Waals surface area contributed by atoms with E-state index in [-0.39, 0.29) is 0 Å². The van der Waals surface area contributed by atoms with Gasteiger partial charge in [-0.25, -0.2) is 0 Å². The molecule has 0 aliphatic carbocycles. The Morgan fingerprint density at radius 3 is 2.00 bits per heavy atom. The van der Waals surface area contributed by atoms with E-state index in [1.54, 1.807) is 0 Å². The molecular formula is C14H26O12. The van der Waals surface area contributed by atoms with E-state index in [9.17, 15) is 35.7 Å². The number of ether oxygens (including phenoxy) is 4. The summed E-state index contributed by atoms with van der Waals surface area (Å²) in [4.78, 5) is 0. The zero-order chi connectivity index (χ0) is 19.6. The van der Waals surface area contributed by atoms with E-state index in [1.807, 2.05) is 0 Å². The molecule has 2 saturated heterocycles. The normalized spacial score (nSPS) is 48.3. The van der Waals surface area contributed by atoms with E-state index in [0.717, 1.165) is 0 Å². The Bertz CT molecular complexity index is 436. The minimum absolute atomic E-state index is 0.634. The molecule has 12 nitrogen and oxygen atoms in total. The largest absolute Gasteiger partial charge is 0.394 e. The molecule has 2 rings (SSSR count). The molecule has 154 valence electrons. The monoisotopic (exact) mass is 386 g/mol. The Morgan fingerprint density at radius 1 is 0.846 bits per heavy atom. The molecule has 11 atom stereocenters. The quantitative estimate of drug-likeness (QED) is 0.216. The number of hydrogen-bond acceptors (Lipinski definition) is 12. The van der Waals surface area contributed by atoms with Gasteiger partial charge in [0, 0.05) is 7.11 Å². The van der Waals surface area contributed by atoms with Crippen LogP contribution in [0.15, 0.2) is 0 Å². The molecule has 2 aliphatic rings. The Hall–Kier alpha value is -0.480. The van der Waals surface area contributed by atoms with Crippen LogP contribution in [0.4, 0.5) is 0 Å². The minimum Gasteiger partial charge on any atom is -0.394 e. The van der Waals surface area contributed by atoms with Gasteiger partial charge in [-0.15, -0.1) is 0 Å². The molecule has 26 heavy (non-hydrogen) atoms. The average Bonchev–Trinajstić information content (AvgIpc) is 2.65. The number of aliphatic hydroxyl groups excluding tert-OH is 8. The van der Waals surface area contributed by atoms with Crippen LogP contribution in [-0.4, -0.2) is 129 Å². The lowest BCUT2D eigenvalue weighted by Crippen LogP contribution is -2.65. The number of methoxy groups -OCH3 is 1. The lowest BCUT2D eigenvalue weighted by atomic mass is 9.95. The molecule has 0 aromatic heterocycles. The van der Waals surface area contributed by atoms with Gasteiger partial charge in [0.15, 0.2) is 12.6 Å². The van der Waals surface area contributed by atoms with Crippen molar-refractivity contribution in [2.75, 3.05) is 20.3 Å². The van der Waals surface area contributed by atoms with Gasteiger partial charge in [0.25, 0.3) is 0 Å². The topological polar surface area (TPSA) is 199 Å². The third kappa shape index (κ3) is 4.16. The van der Waals surface area contributed by atoms with Crippen molar-refractivity contribution in [3.05, 3.63) is 0 Å². The highest BCUT2D eigenvalue weighted by Crippen LogP contribution is 2.30. The SMILES string of the molecule is CO[C@H]1O[C@H](CO)[C@@H](O[C@@H]2O[C@H]([C@H](O)CO)[C@@H](O)[C@H](O)[C@@H]2O)[C@H](O)[C@@H]1O. The van der Waals surface area contributed by atoms with E-state index in [0.29, 0.717) is 0 Å². The Balaban J connectivity index is 2.16. The standard InChI is InChI=1S/C14H26O12/c1-23-13-10(22)8(20)12(5(3-16)24-13)26-14-9(21)6(18)7(19)11(25-14)4(17)2-15/h4-22H,2-3H2,1H3/t4-,5-,6+,7+,8-,9+,10+,11-,12-,13+,14+/m1/s1. The predicted octanol–water partition coefficient (Wildman–Crippen LogP) is -5.38. The van der Waals surface area contributed by atoms with Crippen molar-refractivity contribution in [3.8, 4) is 0 Å². The fourth-order valence-corrected chi connectivity index (χ4v) is 2.98. The van der Waals surface area contributed by atoms with Crippen LogP contribution in [0.3, 0.4) is 0 Å². The average molecular weight is 386 g/mol. The highest BCUT2D eigenvalue weighted by molar-refractivity contribution is 4.95. The van der Waals surface area contributed by atoms with E-state index >= 15 is 0 Å². The molecule has 0 aromatic rings. The van der Waals surface area contributed by atoms with Crippen LogP contribution in [0, 0.1) is 0 Å². The molecule has 0 amide bonds. The first-order chi connectivity index (χ1) is 12.3. The summed E-state index contributed by atoms with van der Waals surface area (Å²) in [7, 11) is 1.23. The number of rotatable bonds is 6. The summed E-state index contributed by atoms with van der Waals surface area (Å²) in [6.45, 7) is -1.43. The molecule has 0 bridgehead atoms. The van der Waals surface area contributed by atoms with Crippen molar-refractivity contribution < 1.29 is 59.8 Å². The molecule has 2 heterocycles. The molecule has 0 spiro atoms. The van der Waals surface area contributed by atoms with E-state index in [1.165, 1.54) is 7.11 Å². The van der Waals surface area contributed by atoms with Crippen LogP contribution in [0.25, 0.3) is 0 Å². The van der Waals surface area contributed by atoms with Crippen LogP contribution in [0.5, 0.6) is 0 Å². The Morgan fingerprint density at radius 2 is 1.46 bits per heavy atom. The third-order valence-electron chi connectivity index (χ3n) is 4.52. The van der Waals surface area contributed by atoms with Gasteiger partial charge in [-0.3, -0.25) is 0 Å². The molecular weight excluding hydrogens is 360 g/mol. The maximum absolute atomic E-state index is 10.2. The van der Waals surface area contributed by atoms with Crippen molar-refractivity contribution in [1.82, 2.24) is 0 Å². The zero-order valence-electron chi connectivity index (χ0n) is 14.0. The van der Waals surface area contributed by atoms with E-state index in [2.05, 4.69) is 0 Å². The van der Waals surface area contributed by atoms with Gasteiger partial charge < -0.3 is 59.8 Å². The molecule has 0 radical (unpaired) electrons. The van der Waals surface area contributed by atoms with Crippen molar-refractivity contribution in [3.63, 3.8) is 0 Å². The second-order valence-electron chi connectivity index (χ2n) is 6.23. The maximum atomic E-state index is 10.2. The second-order valence-corrected chi connectivity index (χ2v) is 6.23. The van der Waals surface area contributed by atoms with Gasteiger partial charge in [0.1, 0.15) is 54.9 Å². The summed E-state index contributed by atoms with van der Waals surface area (Å²) >= 11 is 0. The summed E-state index contributed by atoms with van der Waals surface area (Å²) in [5, 5.41) is 78.1. The van der Waals surface area contributed by atoms with Crippen LogP contribution in [0.1, 0.15) is 0 Å². The molecule has 8 N–H and O–H groups in total. The predicted molar refractivity (Wildman–Crippen MR) is 79.4 cm³/mol. The van der Waals surface area contributed by atoms with Gasteiger partial charge >= 0.3 is 0 Å². The lowest BCUT2D eigenvalue weighted by molar-refractivity contribution is -0.361. The number of hydrogen-bond donors (Lipinski definition) is 8. The Kier molecular flexibility index (Phi) is 7.67. The van der Waals surface area contributed by atoms with Crippen molar-refractivity contribution in [1.29, 1.82) is 0 Å². The second kappa shape index (κ2) is 9.14. The van der Waals surface area contributed by atoms with Crippen molar-refractivity contribution in [2.24, 2.45) is 0 Å². The fraction of sp³-hybridized carbons (Fsp3) is 1.00. The summed E-state index contributed by atoms with van der Waals surface area (Å²) in [5.74, 6) is 0. The Labute approximate surface area is 148 Å². The van der Waals surface area contributed by atoms with Gasteiger partial charge in [-0.05, 0) is 0 Å². The van der Waals surface area contributed by atoms with Crippen molar-refractivity contribution >= 4 is 0 Å². The van der Waals surface area contributed by atoms with Crippen molar-refractivity contribution in [2.45, 2.75) is 67.5 Å². The van der Waals surface area contributed by atoms with Crippen LogP contribution in [0.2, 0.25) is 0 Å². The third-order valence-corrected chi connectivity index (χ3v) is 4.52. The lowest BCUT2D eigenvalue weighted by Gasteiger charge is -2.46. The van der Waals surface area contributed by atoms with Crippen LogP contribution >= 0.6 is 0 Å². The summed E-state index contributed by atoms with van der Waals surface area (Å²) in [5.41, 5.74) is 0. The van der Waals surface area contributed by atoms with Crippen LogP contribution < -0.4 is 0 Å². The highest BCUT2D eigenvalue weighted by Gasteiger charge is 2.51. The first kappa shape index (κ1) is 21.8. The fourth-order valence-electron chi connectivity index (χ4n) is 2.98. The summed E-state index contributed by atoms with van der Waals surface area (Å²) in [6.07, 6.45) is -16.9. The highest BCUT2D eigenvalue weighted by atomic mass is 16.7. The first-order valence-corrected chi connectivity index (χ1v) is 8.06. The van der Waals surface area contributed by atoms with E-state index in [4.69, 9.17) is 24.1 Å². The maximum Gasteiger partial charge on any atom is 0.187 e. The minimum atomic E-state index is -1.79. The summed E-state index contributed by atoms with van der Waals surface area (Å²) in [6, 6.07) is 0. The number of aliphatic hydroxyl groups is 8. The zero-order valence-corrected chi connectivity index (χ0v) is 14.0. The summed E-state index contributed by atoms with van der Waals surface area (Å²) < 4.78 is 20.7. The molecule has 0 saturated carbocycles. The molecule has 0 unspecified atom stereocenters. The van der Waals surface area contributed by atoms with Gasteiger partial charge in [-0.2, -0.15) is 0 Å². The molecule has 0 aromatic carbocycles. The van der Waals surface area contributed by atoms with Gasteiger partial charge in [0.2, 0.25) is 0 Å². The van der Waals surface area contributed by atoms with Gasteiger partial charge in [-0.1, -0.05) is 0 Å². The smallest absolute Gasteiger partial charge is 0.187 e. The molecule has 2 fully saturated rings. The van der Waals surface area contributed by atoms with Crippen LogP contribution in [-0.2, 0) is 18.9 Å². The van der Waals surface area contributed by atoms with E-state index < -0.39 is 80.7 Å². The van der Waals surface area contributed by atoms with Gasteiger partial charge in [0.05, 0.1) is 13.2 Å². The molecule has 2 aliphatic heterocycles. The first-order valence-electron chi connectivity index (χ1n) is 8.06. The molecule has 12 heteroatoms.